The third-order valence-electron chi connectivity index (χ3n) is 5.03. The van der Waals surface area contributed by atoms with Crippen LogP contribution in [0.15, 0.2) is 60.1 Å². The first-order valence-corrected chi connectivity index (χ1v) is 10.1. The Hall–Kier alpha value is -2.66. The maximum Gasteiger partial charge on any atom is 0.254 e. The monoisotopic (exact) mass is 377 g/mol. The minimum atomic E-state index is 0.0888. The topological polar surface area (TPSA) is 36.4 Å². The van der Waals surface area contributed by atoms with E-state index in [9.17, 15) is 4.79 Å². The molecule has 1 fully saturated rings. The zero-order chi connectivity index (χ0) is 18.8. The molecule has 1 aliphatic heterocycles. The minimum absolute atomic E-state index is 0.0888. The maximum absolute atomic E-state index is 13.0. The van der Waals surface area contributed by atoms with Crippen molar-refractivity contribution < 1.29 is 4.79 Å². The molecule has 0 N–H and O–H groups in total. The lowest BCUT2D eigenvalue weighted by Gasteiger charge is -2.41. The summed E-state index contributed by atoms with van der Waals surface area (Å²) in [4.78, 5) is 22.9. The van der Waals surface area contributed by atoms with Crippen molar-refractivity contribution in [2.45, 2.75) is 19.9 Å². The highest BCUT2D eigenvalue weighted by Crippen LogP contribution is 2.25. The molecule has 0 saturated carbocycles. The van der Waals surface area contributed by atoms with Gasteiger partial charge in [-0.05, 0) is 55.1 Å². The Morgan fingerprint density at radius 3 is 2.78 bits per heavy atom. The molecule has 0 aliphatic carbocycles. The van der Waals surface area contributed by atoms with Crippen molar-refractivity contribution in [2.75, 3.05) is 24.5 Å². The van der Waals surface area contributed by atoms with Crippen LogP contribution >= 0.6 is 11.3 Å². The number of aromatic nitrogens is 1. The second-order valence-corrected chi connectivity index (χ2v) is 7.99. The average Bonchev–Trinajstić information content (AvgIpc) is 3.22. The molecule has 0 bridgehead atoms. The Morgan fingerprint density at radius 2 is 2.04 bits per heavy atom. The molecule has 3 aromatic rings. The number of carbonyl (C=O) groups is 1. The molecular weight excluding hydrogens is 354 g/mol. The molecule has 1 aromatic carbocycles. The summed E-state index contributed by atoms with van der Waals surface area (Å²) >= 11 is 1.64. The van der Waals surface area contributed by atoms with Crippen LogP contribution in [0.3, 0.4) is 0 Å². The van der Waals surface area contributed by atoms with E-state index in [4.69, 9.17) is 0 Å². The number of aryl methyl sites for hydroxylation is 1. The summed E-state index contributed by atoms with van der Waals surface area (Å²) in [5.41, 5.74) is 4.07. The zero-order valence-corrected chi connectivity index (χ0v) is 16.4. The van der Waals surface area contributed by atoms with E-state index in [1.54, 1.807) is 17.5 Å². The van der Waals surface area contributed by atoms with Crippen molar-refractivity contribution in [3.8, 4) is 10.6 Å². The minimum Gasteiger partial charge on any atom is -0.365 e. The van der Waals surface area contributed by atoms with Crippen LogP contribution in [0.5, 0.6) is 0 Å². The fourth-order valence-electron chi connectivity index (χ4n) is 3.64. The summed E-state index contributed by atoms with van der Waals surface area (Å²) in [6, 6.07) is 16.6. The van der Waals surface area contributed by atoms with E-state index < -0.39 is 0 Å². The number of rotatable bonds is 3. The normalized spacial score (nSPS) is 17.2. The SMILES string of the molecule is Cc1cccc(N2CCN(C(=O)c3ccnc(-c4cccs4)c3)CC2C)c1. The third-order valence-corrected chi connectivity index (χ3v) is 5.92. The van der Waals surface area contributed by atoms with Crippen LogP contribution in [-0.2, 0) is 0 Å². The number of amides is 1. The van der Waals surface area contributed by atoms with Crippen molar-refractivity contribution in [3.05, 3.63) is 71.2 Å². The number of thiophene rings is 1. The Morgan fingerprint density at radius 1 is 1.15 bits per heavy atom. The van der Waals surface area contributed by atoms with Crippen LogP contribution in [0, 0.1) is 6.92 Å². The molecule has 3 heterocycles. The summed E-state index contributed by atoms with van der Waals surface area (Å²) in [6.07, 6.45) is 1.73. The van der Waals surface area contributed by atoms with E-state index in [2.05, 4.69) is 48.0 Å². The van der Waals surface area contributed by atoms with Gasteiger partial charge in [0.25, 0.3) is 5.91 Å². The van der Waals surface area contributed by atoms with E-state index in [0.29, 0.717) is 5.56 Å². The number of benzene rings is 1. The van der Waals surface area contributed by atoms with Gasteiger partial charge in [0.15, 0.2) is 0 Å². The molecule has 4 rings (SSSR count). The summed E-state index contributed by atoms with van der Waals surface area (Å²) in [5.74, 6) is 0.0888. The van der Waals surface area contributed by atoms with Gasteiger partial charge >= 0.3 is 0 Å². The van der Waals surface area contributed by atoms with Crippen molar-refractivity contribution in [1.82, 2.24) is 9.88 Å². The van der Waals surface area contributed by atoms with E-state index >= 15 is 0 Å². The smallest absolute Gasteiger partial charge is 0.254 e. The molecule has 0 spiro atoms. The van der Waals surface area contributed by atoms with Crippen LogP contribution in [0.1, 0.15) is 22.8 Å². The highest BCUT2D eigenvalue weighted by Gasteiger charge is 2.27. The molecule has 27 heavy (non-hydrogen) atoms. The third kappa shape index (κ3) is 3.74. The highest BCUT2D eigenvalue weighted by molar-refractivity contribution is 7.13. The van der Waals surface area contributed by atoms with E-state index in [1.165, 1.54) is 11.3 Å². The molecular formula is C22H23N3OS. The fourth-order valence-corrected chi connectivity index (χ4v) is 4.33. The fraction of sp³-hybridized carbons (Fsp3) is 0.273. The first-order valence-electron chi connectivity index (χ1n) is 9.24. The van der Waals surface area contributed by atoms with E-state index in [0.717, 1.165) is 30.2 Å². The van der Waals surface area contributed by atoms with Gasteiger partial charge in [-0.15, -0.1) is 11.3 Å². The van der Waals surface area contributed by atoms with Gasteiger partial charge in [0.05, 0.1) is 10.6 Å². The van der Waals surface area contributed by atoms with Gasteiger partial charge in [-0.1, -0.05) is 18.2 Å². The highest BCUT2D eigenvalue weighted by atomic mass is 32.1. The van der Waals surface area contributed by atoms with Gasteiger partial charge in [0.1, 0.15) is 0 Å². The first kappa shape index (κ1) is 17.7. The lowest BCUT2D eigenvalue weighted by atomic mass is 10.1. The number of nitrogens with zero attached hydrogens (tertiary/aromatic N) is 3. The molecule has 1 unspecified atom stereocenters. The number of hydrogen-bond donors (Lipinski definition) is 0. The van der Waals surface area contributed by atoms with Crippen LogP contribution < -0.4 is 4.90 Å². The van der Waals surface area contributed by atoms with Crippen molar-refractivity contribution in [2.24, 2.45) is 0 Å². The number of hydrogen-bond acceptors (Lipinski definition) is 4. The van der Waals surface area contributed by atoms with Crippen LogP contribution in [0.25, 0.3) is 10.6 Å². The predicted octanol–water partition coefficient (Wildman–Crippen LogP) is 4.47. The first-order chi connectivity index (χ1) is 13.1. The van der Waals surface area contributed by atoms with E-state index in [1.807, 2.05) is 34.5 Å². The lowest BCUT2D eigenvalue weighted by molar-refractivity contribution is 0.0726. The molecule has 138 valence electrons. The van der Waals surface area contributed by atoms with E-state index in [-0.39, 0.29) is 11.9 Å². The van der Waals surface area contributed by atoms with Crippen LogP contribution in [0.4, 0.5) is 5.69 Å². The molecule has 1 aliphatic rings. The summed E-state index contributed by atoms with van der Waals surface area (Å²) in [7, 11) is 0. The van der Waals surface area contributed by atoms with Gasteiger partial charge in [0, 0.05) is 43.1 Å². The maximum atomic E-state index is 13.0. The summed E-state index contributed by atoms with van der Waals surface area (Å²) < 4.78 is 0. The van der Waals surface area contributed by atoms with Gasteiger partial charge in [-0.3, -0.25) is 9.78 Å². The Labute approximate surface area is 164 Å². The van der Waals surface area contributed by atoms with Gasteiger partial charge in [-0.25, -0.2) is 0 Å². The molecule has 2 aromatic heterocycles. The predicted molar refractivity (Wildman–Crippen MR) is 111 cm³/mol. The van der Waals surface area contributed by atoms with Gasteiger partial charge in [0.2, 0.25) is 0 Å². The van der Waals surface area contributed by atoms with Crippen molar-refractivity contribution in [1.29, 1.82) is 0 Å². The zero-order valence-electron chi connectivity index (χ0n) is 15.6. The second kappa shape index (κ2) is 7.53. The standard InChI is InChI=1S/C22H23N3OS/c1-16-5-3-6-19(13-16)25-11-10-24(15-17(25)2)22(26)18-8-9-23-20(14-18)21-7-4-12-27-21/h3-9,12-14,17H,10-11,15H2,1-2H3. The number of anilines is 1. The Balaban J connectivity index is 1.49. The molecule has 1 saturated heterocycles. The Bertz CT molecular complexity index is 938. The molecule has 1 atom stereocenters. The summed E-state index contributed by atoms with van der Waals surface area (Å²) in [5, 5.41) is 2.03. The number of pyridine rings is 1. The second-order valence-electron chi connectivity index (χ2n) is 7.04. The van der Waals surface area contributed by atoms with Crippen molar-refractivity contribution >= 4 is 22.9 Å². The largest absolute Gasteiger partial charge is 0.365 e. The number of piperazine rings is 1. The molecule has 5 heteroatoms. The van der Waals surface area contributed by atoms with Gasteiger partial charge in [-0.2, -0.15) is 0 Å². The average molecular weight is 378 g/mol. The molecule has 1 amide bonds. The number of carbonyl (C=O) groups excluding carboxylic acids is 1. The van der Waals surface area contributed by atoms with Crippen molar-refractivity contribution in [3.63, 3.8) is 0 Å². The molecule has 0 radical (unpaired) electrons. The lowest BCUT2D eigenvalue weighted by Crippen LogP contribution is -2.53. The quantitative estimate of drug-likeness (QED) is 0.676. The Kier molecular flexibility index (Phi) is 4.94. The van der Waals surface area contributed by atoms with Crippen LogP contribution in [0.2, 0.25) is 0 Å². The molecule has 4 nitrogen and oxygen atoms in total. The summed E-state index contributed by atoms with van der Waals surface area (Å²) in [6.45, 7) is 6.60. The van der Waals surface area contributed by atoms with Gasteiger partial charge < -0.3 is 9.80 Å². The van der Waals surface area contributed by atoms with Crippen LogP contribution in [-0.4, -0.2) is 41.5 Å².